The summed E-state index contributed by atoms with van der Waals surface area (Å²) in [5.74, 6) is 1.51. The van der Waals surface area contributed by atoms with Crippen LogP contribution >= 0.6 is 11.6 Å². The van der Waals surface area contributed by atoms with Gasteiger partial charge in [-0.2, -0.15) is 0 Å². The molecule has 0 aliphatic rings. The SMILES string of the molecule is CCC(CCl)Nc1ccc(C(C)(C)C)cn1. The second kappa shape index (κ2) is 5.53. The Balaban J connectivity index is 2.72. The summed E-state index contributed by atoms with van der Waals surface area (Å²) >= 11 is 5.83. The van der Waals surface area contributed by atoms with E-state index in [9.17, 15) is 0 Å². The fourth-order valence-electron chi connectivity index (χ4n) is 1.38. The van der Waals surface area contributed by atoms with E-state index in [1.807, 2.05) is 12.3 Å². The van der Waals surface area contributed by atoms with E-state index in [1.54, 1.807) is 0 Å². The minimum atomic E-state index is 0.155. The van der Waals surface area contributed by atoms with E-state index < -0.39 is 0 Å². The lowest BCUT2D eigenvalue weighted by atomic mass is 9.88. The largest absolute Gasteiger partial charge is 0.366 e. The number of nitrogens with zero attached hydrogens (tertiary/aromatic N) is 1. The van der Waals surface area contributed by atoms with E-state index in [0.717, 1.165) is 12.2 Å². The van der Waals surface area contributed by atoms with Crippen molar-refractivity contribution in [3.63, 3.8) is 0 Å². The van der Waals surface area contributed by atoms with Gasteiger partial charge in [0.25, 0.3) is 0 Å². The zero-order chi connectivity index (χ0) is 12.2. The Kier molecular flexibility index (Phi) is 4.60. The lowest BCUT2D eigenvalue weighted by Crippen LogP contribution is -2.21. The van der Waals surface area contributed by atoms with Gasteiger partial charge in [-0.15, -0.1) is 11.6 Å². The zero-order valence-corrected chi connectivity index (χ0v) is 11.3. The molecule has 90 valence electrons. The Morgan fingerprint density at radius 1 is 1.38 bits per heavy atom. The molecule has 1 N–H and O–H groups in total. The summed E-state index contributed by atoms with van der Waals surface area (Å²) < 4.78 is 0. The van der Waals surface area contributed by atoms with Gasteiger partial charge >= 0.3 is 0 Å². The molecule has 0 saturated carbocycles. The first-order valence-electron chi connectivity index (χ1n) is 5.76. The minimum absolute atomic E-state index is 0.155. The van der Waals surface area contributed by atoms with Gasteiger partial charge in [-0.25, -0.2) is 4.98 Å². The van der Waals surface area contributed by atoms with Crippen LogP contribution in [0.4, 0.5) is 5.82 Å². The van der Waals surface area contributed by atoms with Gasteiger partial charge in [0.2, 0.25) is 0 Å². The van der Waals surface area contributed by atoms with Crippen molar-refractivity contribution in [3.8, 4) is 0 Å². The van der Waals surface area contributed by atoms with E-state index >= 15 is 0 Å². The van der Waals surface area contributed by atoms with Crippen molar-refractivity contribution in [1.29, 1.82) is 0 Å². The highest BCUT2D eigenvalue weighted by Crippen LogP contribution is 2.22. The molecule has 0 fully saturated rings. The molecule has 0 aliphatic heterocycles. The fraction of sp³-hybridized carbons (Fsp3) is 0.615. The quantitative estimate of drug-likeness (QED) is 0.810. The molecule has 3 heteroatoms. The van der Waals surface area contributed by atoms with E-state index in [0.29, 0.717) is 11.9 Å². The van der Waals surface area contributed by atoms with Crippen LogP contribution in [0.15, 0.2) is 18.3 Å². The summed E-state index contributed by atoms with van der Waals surface area (Å²) in [6.07, 6.45) is 2.94. The van der Waals surface area contributed by atoms with E-state index in [4.69, 9.17) is 11.6 Å². The monoisotopic (exact) mass is 240 g/mol. The number of alkyl halides is 1. The highest BCUT2D eigenvalue weighted by atomic mass is 35.5. The summed E-state index contributed by atoms with van der Waals surface area (Å²) in [5, 5.41) is 3.31. The Morgan fingerprint density at radius 2 is 2.06 bits per heavy atom. The van der Waals surface area contributed by atoms with Gasteiger partial charge in [0.1, 0.15) is 5.82 Å². The first-order chi connectivity index (χ1) is 7.47. The van der Waals surface area contributed by atoms with Crippen LogP contribution < -0.4 is 5.32 Å². The molecule has 0 radical (unpaired) electrons. The number of hydrogen-bond acceptors (Lipinski definition) is 2. The van der Waals surface area contributed by atoms with Crippen molar-refractivity contribution in [2.45, 2.75) is 45.6 Å². The molecule has 1 aromatic rings. The molecule has 0 aliphatic carbocycles. The van der Waals surface area contributed by atoms with E-state index in [-0.39, 0.29) is 5.41 Å². The van der Waals surface area contributed by atoms with Crippen LogP contribution in [0.2, 0.25) is 0 Å². The number of aromatic nitrogens is 1. The third-order valence-electron chi connectivity index (χ3n) is 2.66. The van der Waals surface area contributed by atoms with E-state index in [1.165, 1.54) is 5.56 Å². The van der Waals surface area contributed by atoms with Gasteiger partial charge < -0.3 is 5.32 Å². The summed E-state index contributed by atoms with van der Waals surface area (Å²) in [6, 6.07) is 4.45. The molecule has 1 heterocycles. The predicted octanol–water partition coefficient (Wildman–Crippen LogP) is 3.81. The van der Waals surface area contributed by atoms with Gasteiger partial charge in [-0.3, -0.25) is 0 Å². The predicted molar refractivity (Wildman–Crippen MR) is 71.4 cm³/mol. The zero-order valence-electron chi connectivity index (χ0n) is 10.5. The van der Waals surface area contributed by atoms with Gasteiger partial charge in [0, 0.05) is 18.1 Å². The average molecular weight is 241 g/mol. The standard InChI is InChI=1S/C13H21ClN2/c1-5-11(8-14)16-12-7-6-10(9-15-12)13(2,3)4/h6-7,9,11H,5,8H2,1-4H3,(H,15,16). The molecule has 1 rings (SSSR count). The summed E-state index contributed by atoms with van der Waals surface area (Å²) in [5.41, 5.74) is 1.40. The number of nitrogens with one attached hydrogen (secondary N) is 1. The second-order valence-corrected chi connectivity index (χ2v) is 5.39. The lowest BCUT2D eigenvalue weighted by Gasteiger charge is -2.19. The average Bonchev–Trinajstić information content (AvgIpc) is 2.25. The number of hydrogen-bond donors (Lipinski definition) is 1. The topological polar surface area (TPSA) is 24.9 Å². The maximum Gasteiger partial charge on any atom is 0.126 e. The Bertz CT molecular complexity index is 310. The molecule has 0 saturated heterocycles. The van der Waals surface area contributed by atoms with Crippen molar-refractivity contribution in [2.75, 3.05) is 11.2 Å². The Morgan fingerprint density at radius 3 is 2.44 bits per heavy atom. The minimum Gasteiger partial charge on any atom is -0.366 e. The highest BCUT2D eigenvalue weighted by molar-refractivity contribution is 6.18. The van der Waals surface area contributed by atoms with Crippen LogP contribution in [0.5, 0.6) is 0 Å². The normalized spacial score (nSPS) is 13.6. The van der Waals surface area contributed by atoms with Crippen LogP contribution in [0, 0.1) is 0 Å². The van der Waals surface area contributed by atoms with Crippen LogP contribution in [0.1, 0.15) is 39.7 Å². The van der Waals surface area contributed by atoms with Crippen molar-refractivity contribution in [3.05, 3.63) is 23.9 Å². The molecule has 16 heavy (non-hydrogen) atoms. The third kappa shape index (κ3) is 3.67. The number of rotatable bonds is 4. The molecule has 1 aromatic heterocycles. The second-order valence-electron chi connectivity index (χ2n) is 5.09. The van der Waals surface area contributed by atoms with Crippen LogP contribution in [-0.2, 0) is 5.41 Å². The summed E-state index contributed by atoms with van der Waals surface area (Å²) in [7, 11) is 0. The Hall–Kier alpha value is -0.760. The number of anilines is 1. The summed E-state index contributed by atoms with van der Waals surface area (Å²) in [4.78, 5) is 4.41. The van der Waals surface area contributed by atoms with E-state index in [2.05, 4.69) is 44.1 Å². The van der Waals surface area contributed by atoms with Gasteiger partial charge in [0.15, 0.2) is 0 Å². The first-order valence-corrected chi connectivity index (χ1v) is 6.30. The molecule has 1 atom stereocenters. The van der Waals surface area contributed by atoms with Crippen LogP contribution in [-0.4, -0.2) is 16.9 Å². The smallest absolute Gasteiger partial charge is 0.126 e. The van der Waals surface area contributed by atoms with Crippen molar-refractivity contribution < 1.29 is 0 Å². The van der Waals surface area contributed by atoms with Gasteiger partial charge in [0.05, 0.1) is 0 Å². The maximum atomic E-state index is 5.83. The van der Waals surface area contributed by atoms with Crippen molar-refractivity contribution in [1.82, 2.24) is 4.98 Å². The Labute approximate surface area is 103 Å². The molecular formula is C13H21ClN2. The van der Waals surface area contributed by atoms with Crippen LogP contribution in [0.25, 0.3) is 0 Å². The summed E-state index contributed by atoms with van der Waals surface area (Å²) in [6.45, 7) is 8.67. The van der Waals surface area contributed by atoms with Gasteiger partial charge in [-0.1, -0.05) is 33.8 Å². The van der Waals surface area contributed by atoms with Crippen molar-refractivity contribution in [2.24, 2.45) is 0 Å². The molecule has 2 nitrogen and oxygen atoms in total. The fourth-order valence-corrected chi connectivity index (χ4v) is 1.68. The molecule has 1 unspecified atom stereocenters. The number of halogens is 1. The molecule has 0 amide bonds. The number of pyridine rings is 1. The van der Waals surface area contributed by atoms with Gasteiger partial charge in [-0.05, 0) is 23.5 Å². The highest BCUT2D eigenvalue weighted by Gasteiger charge is 2.14. The molecule has 0 aromatic carbocycles. The first kappa shape index (κ1) is 13.3. The maximum absolute atomic E-state index is 5.83. The lowest BCUT2D eigenvalue weighted by molar-refractivity contribution is 0.587. The van der Waals surface area contributed by atoms with Crippen LogP contribution in [0.3, 0.4) is 0 Å². The third-order valence-corrected chi connectivity index (χ3v) is 3.03. The molecular weight excluding hydrogens is 220 g/mol. The van der Waals surface area contributed by atoms with Crippen molar-refractivity contribution >= 4 is 17.4 Å². The molecule has 0 spiro atoms. The molecule has 0 bridgehead atoms.